The molecule has 2 aromatic heterocycles. The number of ether oxygens (including phenoxy) is 4. The fourth-order valence-electron chi connectivity index (χ4n) is 22.4. The van der Waals surface area contributed by atoms with Gasteiger partial charge in [-0.15, -0.1) is 22.7 Å². The fraction of sp³-hybridized carbons (Fsp3) is 0.519. The first-order valence-corrected chi connectivity index (χ1v) is 56.8. The summed E-state index contributed by atoms with van der Waals surface area (Å²) in [4.78, 5) is 28.3. The van der Waals surface area contributed by atoms with Gasteiger partial charge in [0.15, 0.2) is 0 Å². The van der Waals surface area contributed by atoms with Gasteiger partial charge >= 0.3 is 11.9 Å². The van der Waals surface area contributed by atoms with E-state index in [-0.39, 0.29) is 28.2 Å². The van der Waals surface area contributed by atoms with Crippen LogP contribution in [-0.2, 0) is 35.3 Å². The van der Waals surface area contributed by atoms with Crippen LogP contribution in [0.1, 0.15) is 421 Å². The fourth-order valence-corrected chi connectivity index (χ4v) is 24.4. The van der Waals surface area contributed by atoms with Gasteiger partial charge in [-0.05, 0) is 289 Å². The SMILES string of the molecule is C=C(C)C(=O)OCCCCCCCCCCOc1ccc(-c2ccc(-c3ccc4c(c3)C(CCCCCC)(CCCCCC)c3cc(-c5ccc6c(c5)C(CCCCCCCC)(CCCCCCCC)c5cc(C)ccc5-6)ccc3-4)s2)cc1.C=C(C)C(=O)OCCCCCCCCCCOc1ccc(-c2ccc(-c3ccc4c(c3)C(CCCCCC)(CCCCCC)c3cc(C)ccc3-4)s2)cc1. The molecule has 0 saturated heterocycles. The van der Waals surface area contributed by atoms with Gasteiger partial charge in [-0.3, -0.25) is 0 Å². The Morgan fingerprint density at radius 3 is 0.730 bits per heavy atom. The van der Waals surface area contributed by atoms with E-state index in [1.54, 1.807) is 47.2 Å². The molecule has 13 rings (SSSR count). The lowest BCUT2D eigenvalue weighted by Crippen LogP contribution is -2.26. The molecule has 10 aromatic rings. The number of carbonyl (C=O) groups excluding carboxylic acids is 2. The second kappa shape index (κ2) is 56.6. The topological polar surface area (TPSA) is 71.1 Å². The van der Waals surface area contributed by atoms with Gasteiger partial charge < -0.3 is 18.9 Å². The summed E-state index contributed by atoms with van der Waals surface area (Å²) in [6.45, 7) is 31.8. The average molecular weight is 1880 g/mol. The van der Waals surface area contributed by atoms with E-state index < -0.39 is 0 Å². The molecule has 0 spiro atoms. The van der Waals surface area contributed by atoms with Gasteiger partial charge in [-0.2, -0.15) is 0 Å². The summed E-state index contributed by atoms with van der Waals surface area (Å²) in [7, 11) is 0. The Labute approximate surface area is 838 Å². The van der Waals surface area contributed by atoms with Gasteiger partial charge in [0.1, 0.15) is 11.5 Å². The van der Waals surface area contributed by atoms with Crippen LogP contribution in [0.5, 0.6) is 11.5 Å². The molecule has 0 radical (unpaired) electrons. The van der Waals surface area contributed by atoms with Crippen molar-refractivity contribution < 1.29 is 28.5 Å². The Morgan fingerprint density at radius 2 is 0.453 bits per heavy atom. The number of benzene rings is 8. The zero-order valence-electron chi connectivity index (χ0n) is 86.7. The van der Waals surface area contributed by atoms with E-state index in [2.05, 4.69) is 251 Å². The Kier molecular flexibility index (Phi) is 44.2. The first-order valence-electron chi connectivity index (χ1n) is 55.2. The molecule has 0 saturated carbocycles. The first kappa shape index (κ1) is 107. The minimum atomic E-state index is -0.278. The van der Waals surface area contributed by atoms with Crippen LogP contribution in [0.25, 0.3) is 86.3 Å². The summed E-state index contributed by atoms with van der Waals surface area (Å²) in [5.74, 6) is 1.34. The van der Waals surface area contributed by atoms with Crippen LogP contribution in [0, 0.1) is 13.8 Å². The van der Waals surface area contributed by atoms with E-state index in [0.29, 0.717) is 24.4 Å². The van der Waals surface area contributed by atoms with Crippen LogP contribution in [0.4, 0.5) is 0 Å². The molecular formula is C129H172O6S2. The second-order valence-corrected chi connectivity index (χ2v) is 43.4. The number of hydrogen-bond acceptors (Lipinski definition) is 8. The Balaban J connectivity index is 0.000000269. The van der Waals surface area contributed by atoms with E-state index >= 15 is 0 Å². The number of esters is 2. The highest BCUT2D eigenvalue weighted by Crippen LogP contribution is 2.60. The van der Waals surface area contributed by atoms with Crippen molar-refractivity contribution >= 4 is 34.6 Å². The molecule has 0 N–H and O–H groups in total. The van der Waals surface area contributed by atoms with Crippen molar-refractivity contribution in [2.24, 2.45) is 0 Å². The van der Waals surface area contributed by atoms with Crippen molar-refractivity contribution in [2.45, 2.75) is 407 Å². The number of aryl methyl sites for hydroxylation is 2. The van der Waals surface area contributed by atoms with Crippen LogP contribution in [0.15, 0.2) is 206 Å². The molecule has 0 atom stereocenters. The number of fused-ring (bicyclic) bond motifs is 9. The summed E-state index contributed by atoms with van der Waals surface area (Å²) < 4.78 is 22.7. The maximum absolute atomic E-state index is 11.6. The zero-order chi connectivity index (χ0) is 96.5. The maximum Gasteiger partial charge on any atom is 0.333 e. The quantitative estimate of drug-likeness (QED) is 0.0215. The Morgan fingerprint density at radius 1 is 0.241 bits per heavy atom. The van der Waals surface area contributed by atoms with Crippen molar-refractivity contribution in [3.8, 4) is 97.8 Å². The molecule has 137 heavy (non-hydrogen) atoms. The molecule has 2 heterocycles. The van der Waals surface area contributed by atoms with Crippen molar-refractivity contribution in [2.75, 3.05) is 26.4 Å². The van der Waals surface area contributed by atoms with Crippen molar-refractivity contribution in [1.29, 1.82) is 0 Å². The Bertz CT molecular complexity index is 5310. The molecule has 3 aliphatic carbocycles. The third-order valence-electron chi connectivity index (χ3n) is 30.3. The van der Waals surface area contributed by atoms with Crippen LogP contribution in [-0.4, -0.2) is 38.4 Å². The highest BCUT2D eigenvalue weighted by molar-refractivity contribution is 7.19. The Hall–Kier alpha value is -8.82. The molecule has 6 nitrogen and oxygen atoms in total. The second-order valence-electron chi connectivity index (χ2n) is 41.2. The van der Waals surface area contributed by atoms with Crippen molar-refractivity contribution in [1.82, 2.24) is 0 Å². The number of carbonyl (C=O) groups is 2. The molecule has 3 aliphatic rings. The third-order valence-corrected chi connectivity index (χ3v) is 32.7. The predicted octanol–water partition coefficient (Wildman–Crippen LogP) is 39.9. The highest BCUT2D eigenvalue weighted by atomic mass is 32.1. The largest absolute Gasteiger partial charge is 0.494 e. The molecule has 0 unspecified atom stereocenters. The summed E-state index contributed by atoms with van der Waals surface area (Å²) in [6.07, 6.45) is 62.5. The average Bonchev–Trinajstić information content (AvgIpc) is 1.56. The zero-order valence-corrected chi connectivity index (χ0v) is 88.3. The molecule has 8 heteroatoms. The number of unbranched alkanes of at least 4 members (excludes halogenated alkanes) is 36. The third kappa shape index (κ3) is 29.7. The van der Waals surface area contributed by atoms with Gasteiger partial charge in [-0.1, -0.05) is 408 Å². The summed E-state index contributed by atoms with van der Waals surface area (Å²) in [5.41, 5.74) is 30.2. The van der Waals surface area contributed by atoms with Gasteiger partial charge in [-0.25, -0.2) is 9.59 Å². The monoisotopic (exact) mass is 1880 g/mol. The summed E-state index contributed by atoms with van der Waals surface area (Å²) >= 11 is 3.82. The minimum absolute atomic E-state index is 0.0249. The van der Waals surface area contributed by atoms with E-state index in [9.17, 15) is 9.59 Å². The molecule has 0 aliphatic heterocycles. The normalized spacial score (nSPS) is 13.2. The van der Waals surface area contributed by atoms with Crippen LogP contribution >= 0.6 is 22.7 Å². The molecular weight excluding hydrogens is 1710 g/mol. The summed E-state index contributed by atoms with van der Waals surface area (Å²) in [6, 6.07) is 71.8. The lowest BCUT2D eigenvalue weighted by atomic mass is 9.69. The predicted molar refractivity (Wildman–Crippen MR) is 591 cm³/mol. The molecule has 0 bridgehead atoms. The lowest BCUT2D eigenvalue weighted by Gasteiger charge is -2.34. The summed E-state index contributed by atoms with van der Waals surface area (Å²) in [5, 5.41) is 0. The van der Waals surface area contributed by atoms with Gasteiger partial charge in [0, 0.05) is 46.9 Å². The van der Waals surface area contributed by atoms with Gasteiger partial charge in [0.2, 0.25) is 0 Å². The van der Waals surface area contributed by atoms with E-state index in [1.807, 2.05) is 22.7 Å². The van der Waals surface area contributed by atoms with Crippen LogP contribution in [0.3, 0.4) is 0 Å². The van der Waals surface area contributed by atoms with Crippen LogP contribution < -0.4 is 9.47 Å². The van der Waals surface area contributed by atoms with Crippen molar-refractivity contribution in [3.63, 3.8) is 0 Å². The van der Waals surface area contributed by atoms with E-state index in [0.717, 1.165) is 63.2 Å². The standard InChI is InChI=1S/C79H106O3S.C50H66O3S/c1-8-12-16-20-26-32-52-78(53-33-27-21-17-13-9-2)71-56-61(7)36-44-67(71)68-45-39-63(57-72(68)78)64-40-46-69-70-47-41-65(59-74(70)79(73(69)58-64,50-30-18-14-10-3)51-31-19-15-11-4)76-49-48-75(83-76)62-37-42-66(43-38-62)81-54-34-28-24-22-23-25-29-35-55-82-77(80)60(5)6;1-6-8-10-18-32-50(33-19-11-9-7-2)45-36-39(5)22-28-43(45)44-29-25-41(37-46(44)50)48-31-30-47(54-48)40-23-26-42(27-24-40)52-34-20-16-14-12-13-15-17-21-35-53-49(51)38(3)4/h36-49,56-59H,5,8-35,50-55H2,1-4,6-7H3;22-31,36-37H,3,6-21,32-35H2,1-2,4-5H3. The number of thiophene rings is 2. The molecule has 0 amide bonds. The molecule has 0 fully saturated rings. The van der Waals surface area contributed by atoms with Gasteiger partial charge in [0.05, 0.1) is 26.4 Å². The molecule has 8 aromatic carbocycles. The first-order chi connectivity index (χ1) is 67.0. The smallest absolute Gasteiger partial charge is 0.333 e. The maximum atomic E-state index is 11.6. The van der Waals surface area contributed by atoms with Crippen LogP contribution in [0.2, 0.25) is 0 Å². The minimum Gasteiger partial charge on any atom is -0.494 e. The lowest BCUT2D eigenvalue weighted by molar-refractivity contribution is -0.139. The molecule has 736 valence electrons. The number of hydrogen-bond donors (Lipinski definition) is 0. The van der Waals surface area contributed by atoms with E-state index in [4.69, 9.17) is 18.9 Å². The van der Waals surface area contributed by atoms with Gasteiger partial charge in [0.25, 0.3) is 0 Å². The van der Waals surface area contributed by atoms with Crippen molar-refractivity contribution in [3.05, 3.63) is 251 Å². The van der Waals surface area contributed by atoms with E-state index in [1.165, 1.54) is 380 Å². The number of rotatable bonds is 65. The highest BCUT2D eigenvalue weighted by Gasteiger charge is 2.46.